The Morgan fingerprint density at radius 3 is 3.00 bits per heavy atom. The number of hydrogen-bond acceptors (Lipinski definition) is 3. The largest absolute Gasteiger partial charge is 0.472 e. The molecule has 0 atom stereocenters. The summed E-state index contributed by atoms with van der Waals surface area (Å²) in [6.45, 7) is 0.593. The Kier molecular flexibility index (Phi) is 3.15. The van der Waals surface area contributed by atoms with Crippen molar-refractivity contribution >= 4 is 17.8 Å². The van der Waals surface area contributed by atoms with Crippen molar-refractivity contribution in [2.24, 2.45) is 4.99 Å². The zero-order valence-electron chi connectivity index (χ0n) is 7.93. The minimum absolute atomic E-state index is 0.498. The molecular formula is C11H9ClN2O. The summed E-state index contributed by atoms with van der Waals surface area (Å²) in [5.41, 5.74) is 1.98. The lowest BCUT2D eigenvalue weighted by Crippen LogP contribution is -1.84. The Morgan fingerprint density at radius 2 is 2.33 bits per heavy atom. The van der Waals surface area contributed by atoms with E-state index in [0.29, 0.717) is 11.7 Å². The van der Waals surface area contributed by atoms with Crippen LogP contribution in [0.2, 0.25) is 5.15 Å². The summed E-state index contributed by atoms with van der Waals surface area (Å²) in [6, 6.07) is 5.51. The number of aliphatic imine (C=N–C) groups is 1. The van der Waals surface area contributed by atoms with Crippen molar-refractivity contribution in [2.75, 3.05) is 0 Å². The predicted octanol–water partition coefficient (Wildman–Crippen LogP) is 2.95. The monoisotopic (exact) mass is 220 g/mol. The fraction of sp³-hybridized carbons (Fsp3) is 0.0909. The molecule has 0 spiro atoms. The molecule has 2 aromatic heterocycles. The molecule has 0 aliphatic carbocycles. The molecule has 0 unspecified atom stereocenters. The summed E-state index contributed by atoms with van der Waals surface area (Å²) in [4.78, 5) is 8.21. The quantitative estimate of drug-likeness (QED) is 0.589. The highest BCUT2D eigenvalue weighted by Crippen LogP contribution is 2.06. The Labute approximate surface area is 92.4 Å². The first-order valence-corrected chi connectivity index (χ1v) is 4.85. The van der Waals surface area contributed by atoms with Gasteiger partial charge >= 0.3 is 0 Å². The summed E-state index contributed by atoms with van der Waals surface area (Å²) >= 11 is 5.67. The van der Waals surface area contributed by atoms with Crippen LogP contribution in [0.3, 0.4) is 0 Å². The molecule has 0 amide bonds. The van der Waals surface area contributed by atoms with E-state index >= 15 is 0 Å². The number of nitrogens with zero attached hydrogens (tertiary/aromatic N) is 2. The predicted molar refractivity (Wildman–Crippen MR) is 59.3 cm³/mol. The van der Waals surface area contributed by atoms with E-state index in [2.05, 4.69) is 9.98 Å². The first-order chi connectivity index (χ1) is 7.34. The van der Waals surface area contributed by atoms with E-state index in [0.717, 1.165) is 11.1 Å². The molecule has 0 bridgehead atoms. The zero-order chi connectivity index (χ0) is 10.5. The highest BCUT2D eigenvalue weighted by atomic mass is 35.5. The fourth-order valence-corrected chi connectivity index (χ4v) is 1.22. The third-order valence-electron chi connectivity index (χ3n) is 1.85. The number of rotatable bonds is 3. The van der Waals surface area contributed by atoms with E-state index in [-0.39, 0.29) is 0 Å². The molecular weight excluding hydrogens is 212 g/mol. The molecule has 0 fully saturated rings. The first kappa shape index (κ1) is 9.93. The summed E-state index contributed by atoms with van der Waals surface area (Å²) in [7, 11) is 0. The van der Waals surface area contributed by atoms with Crippen molar-refractivity contribution in [3.63, 3.8) is 0 Å². The molecule has 76 valence electrons. The number of aromatic nitrogens is 1. The molecule has 2 rings (SSSR count). The van der Waals surface area contributed by atoms with Gasteiger partial charge in [0, 0.05) is 18.0 Å². The molecule has 2 heterocycles. The van der Waals surface area contributed by atoms with Crippen molar-refractivity contribution in [3.8, 4) is 0 Å². The van der Waals surface area contributed by atoms with E-state index in [1.54, 1.807) is 31.0 Å². The van der Waals surface area contributed by atoms with E-state index in [1.807, 2.05) is 12.1 Å². The summed E-state index contributed by atoms with van der Waals surface area (Å²) in [6.07, 6.45) is 6.74. The zero-order valence-corrected chi connectivity index (χ0v) is 8.69. The smallest absolute Gasteiger partial charge is 0.129 e. The van der Waals surface area contributed by atoms with Gasteiger partial charge in [0.25, 0.3) is 0 Å². The molecule has 0 aromatic carbocycles. The van der Waals surface area contributed by atoms with Crippen LogP contribution in [0.15, 0.2) is 46.3 Å². The van der Waals surface area contributed by atoms with Crippen LogP contribution in [-0.4, -0.2) is 11.2 Å². The van der Waals surface area contributed by atoms with Crippen molar-refractivity contribution in [1.29, 1.82) is 0 Å². The molecule has 3 nitrogen and oxygen atoms in total. The lowest BCUT2D eigenvalue weighted by molar-refractivity contribution is 0.567. The Morgan fingerprint density at radius 1 is 1.40 bits per heavy atom. The number of hydrogen-bond donors (Lipinski definition) is 0. The molecule has 4 heteroatoms. The van der Waals surface area contributed by atoms with Crippen LogP contribution < -0.4 is 0 Å². The Bertz CT molecular complexity index is 434. The highest BCUT2D eigenvalue weighted by Gasteiger charge is 1.92. The van der Waals surface area contributed by atoms with E-state index in [4.69, 9.17) is 16.0 Å². The van der Waals surface area contributed by atoms with Gasteiger partial charge in [0.2, 0.25) is 0 Å². The maximum absolute atomic E-state index is 5.67. The van der Waals surface area contributed by atoms with Crippen LogP contribution in [-0.2, 0) is 6.54 Å². The minimum atomic E-state index is 0.498. The Hall–Kier alpha value is -1.61. The normalized spacial score (nSPS) is 11.0. The fourth-order valence-electron chi connectivity index (χ4n) is 1.10. The minimum Gasteiger partial charge on any atom is -0.472 e. The molecule has 2 aromatic rings. The highest BCUT2D eigenvalue weighted by molar-refractivity contribution is 6.29. The van der Waals surface area contributed by atoms with Crippen molar-refractivity contribution in [1.82, 2.24) is 4.98 Å². The summed E-state index contributed by atoms with van der Waals surface area (Å²) < 4.78 is 4.91. The van der Waals surface area contributed by atoms with Crippen molar-refractivity contribution in [2.45, 2.75) is 6.54 Å². The second kappa shape index (κ2) is 4.75. The second-order valence-electron chi connectivity index (χ2n) is 3.02. The van der Waals surface area contributed by atoms with Gasteiger partial charge < -0.3 is 4.42 Å². The van der Waals surface area contributed by atoms with Crippen molar-refractivity contribution < 1.29 is 4.42 Å². The number of pyridine rings is 1. The van der Waals surface area contributed by atoms with Gasteiger partial charge in [-0.3, -0.25) is 4.99 Å². The molecule has 0 saturated heterocycles. The van der Waals surface area contributed by atoms with Gasteiger partial charge in [-0.2, -0.15) is 0 Å². The van der Waals surface area contributed by atoms with Crippen LogP contribution in [0, 0.1) is 0 Å². The van der Waals surface area contributed by atoms with Crippen LogP contribution in [0.4, 0.5) is 0 Å². The van der Waals surface area contributed by atoms with Gasteiger partial charge in [-0.05, 0) is 17.7 Å². The van der Waals surface area contributed by atoms with E-state index in [1.165, 1.54) is 0 Å². The van der Waals surface area contributed by atoms with Gasteiger partial charge in [0.15, 0.2) is 0 Å². The van der Waals surface area contributed by atoms with Gasteiger partial charge in [-0.15, -0.1) is 0 Å². The van der Waals surface area contributed by atoms with Gasteiger partial charge in [0.1, 0.15) is 5.15 Å². The molecule has 0 aliphatic rings. The first-order valence-electron chi connectivity index (χ1n) is 4.47. The maximum Gasteiger partial charge on any atom is 0.129 e. The average molecular weight is 221 g/mol. The third-order valence-corrected chi connectivity index (χ3v) is 2.07. The lowest BCUT2D eigenvalue weighted by Gasteiger charge is -1.94. The van der Waals surface area contributed by atoms with Gasteiger partial charge in [-0.25, -0.2) is 4.98 Å². The standard InChI is InChI=1S/C11H9ClN2O/c12-11-2-1-9(7-14-11)5-13-6-10-3-4-15-8-10/h1-4,6-8H,5H2. The summed E-state index contributed by atoms with van der Waals surface area (Å²) in [5, 5.41) is 0.498. The number of furan rings is 1. The van der Waals surface area contributed by atoms with Crippen LogP contribution in [0.1, 0.15) is 11.1 Å². The SMILES string of the molecule is Clc1ccc(CN=Cc2ccoc2)cn1. The van der Waals surface area contributed by atoms with Crippen LogP contribution in [0.25, 0.3) is 0 Å². The van der Waals surface area contributed by atoms with E-state index < -0.39 is 0 Å². The lowest BCUT2D eigenvalue weighted by atomic mass is 10.3. The third kappa shape index (κ3) is 2.92. The van der Waals surface area contributed by atoms with Gasteiger partial charge in [0.05, 0.1) is 19.1 Å². The molecule has 15 heavy (non-hydrogen) atoms. The molecule has 0 saturated carbocycles. The van der Waals surface area contributed by atoms with Crippen LogP contribution >= 0.6 is 11.6 Å². The topological polar surface area (TPSA) is 38.4 Å². The van der Waals surface area contributed by atoms with Gasteiger partial charge in [-0.1, -0.05) is 17.7 Å². The molecule has 0 radical (unpaired) electrons. The molecule has 0 aliphatic heterocycles. The maximum atomic E-state index is 5.67. The average Bonchev–Trinajstić information content (AvgIpc) is 2.74. The van der Waals surface area contributed by atoms with E-state index in [9.17, 15) is 0 Å². The number of halogens is 1. The summed E-state index contributed by atoms with van der Waals surface area (Å²) in [5.74, 6) is 0. The van der Waals surface area contributed by atoms with Crippen LogP contribution in [0.5, 0.6) is 0 Å². The molecule has 0 N–H and O–H groups in total. The second-order valence-corrected chi connectivity index (χ2v) is 3.40. The Balaban J connectivity index is 1.96. The van der Waals surface area contributed by atoms with Crippen molar-refractivity contribution in [3.05, 3.63) is 53.2 Å².